The highest BCUT2D eigenvalue weighted by atomic mass is 16.3. The lowest BCUT2D eigenvalue weighted by Gasteiger charge is -2.21. The predicted molar refractivity (Wildman–Crippen MR) is 56.9 cm³/mol. The molecule has 0 spiro atoms. The summed E-state index contributed by atoms with van der Waals surface area (Å²) in [5.41, 5.74) is 1.03. The highest BCUT2D eigenvalue weighted by Gasteiger charge is 2.13. The van der Waals surface area contributed by atoms with Gasteiger partial charge in [-0.3, -0.25) is 0 Å². The number of aliphatic hydroxyl groups is 1. The smallest absolute Gasteiger partial charge is 0.0696 e. The minimum atomic E-state index is 0.164. The molecule has 14 heavy (non-hydrogen) atoms. The zero-order chi connectivity index (χ0) is 9.80. The van der Waals surface area contributed by atoms with Gasteiger partial charge in [0, 0.05) is 18.9 Å². The lowest BCUT2D eigenvalue weighted by atomic mass is 9.89. The van der Waals surface area contributed by atoms with Gasteiger partial charge in [0.2, 0.25) is 0 Å². The first-order chi connectivity index (χ1) is 6.88. The van der Waals surface area contributed by atoms with Gasteiger partial charge in [0.15, 0.2) is 0 Å². The van der Waals surface area contributed by atoms with Gasteiger partial charge in [-0.15, -0.1) is 0 Å². The molecule has 0 atom stereocenters. The van der Waals surface area contributed by atoms with E-state index in [1.54, 1.807) is 0 Å². The molecule has 2 nitrogen and oxygen atoms in total. The maximum absolute atomic E-state index is 8.94. The Bertz CT molecular complexity index is 274. The lowest BCUT2D eigenvalue weighted by molar-refractivity contribution is 0.281. The first-order valence-electron chi connectivity index (χ1n) is 5.64. The molecule has 1 aromatic heterocycles. The molecule has 1 N–H and O–H groups in total. The monoisotopic (exact) mass is 193 g/mol. The van der Waals surface area contributed by atoms with E-state index in [0.717, 1.165) is 18.0 Å². The first-order valence-corrected chi connectivity index (χ1v) is 5.64. The summed E-state index contributed by atoms with van der Waals surface area (Å²) in [6, 6.07) is 2.00. The SMILES string of the molecule is OCc1ccn(CC2CCCCC2)c1. The topological polar surface area (TPSA) is 25.2 Å². The van der Waals surface area contributed by atoms with Gasteiger partial charge < -0.3 is 9.67 Å². The van der Waals surface area contributed by atoms with E-state index in [4.69, 9.17) is 5.11 Å². The quantitative estimate of drug-likeness (QED) is 0.784. The number of hydrogen-bond acceptors (Lipinski definition) is 1. The van der Waals surface area contributed by atoms with Gasteiger partial charge in [0.1, 0.15) is 0 Å². The van der Waals surface area contributed by atoms with E-state index in [1.807, 2.05) is 6.07 Å². The molecule has 0 saturated heterocycles. The van der Waals surface area contributed by atoms with Crippen LogP contribution in [0.2, 0.25) is 0 Å². The molecule has 1 saturated carbocycles. The maximum Gasteiger partial charge on any atom is 0.0696 e. The molecular weight excluding hydrogens is 174 g/mol. The number of rotatable bonds is 3. The van der Waals surface area contributed by atoms with E-state index >= 15 is 0 Å². The molecule has 0 amide bonds. The van der Waals surface area contributed by atoms with Crippen molar-refractivity contribution in [3.63, 3.8) is 0 Å². The van der Waals surface area contributed by atoms with Gasteiger partial charge in [-0.2, -0.15) is 0 Å². The molecule has 78 valence electrons. The largest absolute Gasteiger partial charge is 0.392 e. The third-order valence-corrected chi connectivity index (χ3v) is 3.19. The summed E-state index contributed by atoms with van der Waals surface area (Å²) in [7, 11) is 0. The number of nitrogens with zero attached hydrogens (tertiary/aromatic N) is 1. The van der Waals surface area contributed by atoms with Gasteiger partial charge >= 0.3 is 0 Å². The molecule has 0 radical (unpaired) electrons. The fourth-order valence-corrected chi connectivity index (χ4v) is 2.37. The van der Waals surface area contributed by atoms with Gasteiger partial charge in [-0.1, -0.05) is 19.3 Å². The second-order valence-corrected chi connectivity index (χ2v) is 4.38. The summed E-state index contributed by atoms with van der Waals surface area (Å²) < 4.78 is 2.22. The van der Waals surface area contributed by atoms with Crippen molar-refractivity contribution >= 4 is 0 Å². The zero-order valence-corrected chi connectivity index (χ0v) is 8.65. The molecule has 1 aliphatic rings. The van der Waals surface area contributed by atoms with E-state index in [1.165, 1.54) is 32.1 Å². The fourth-order valence-electron chi connectivity index (χ4n) is 2.37. The van der Waals surface area contributed by atoms with Crippen LogP contribution in [0.25, 0.3) is 0 Å². The summed E-state index contributed by atoms with van der Waals surface area (Å²) in [5, 5.41) is 8.94. The van der Waals surface area contributed by atoms with Crippen molar-refractivity contribution < 1.29 is 5.11 Å². The summed E-state index contributed by atoms with van der Waals surface area (Å²) in [6.45, 7) is 1.30. The van der Waals surface area contributed by atoms with Crippen LogP contribution in [0, 0.1) is 5.92 Å². The van der Waals surface area contributed by atoms with Crippen LogP contribution in [0.4, 0.5) is 0 Å². The van der Waals surface area contributed by atoms with E-state index in [0.29, 0.717) is 0 Å². The van der Waals surface area contributed by atoms with Crippen molar-refractivity contribution in [2.45, 2.75) is 45.3 Å². The lowest BCUT2D eigenvalue weighted by Crippen LogP contribution is -2.12. The highest BCUT2D eigenvalue weighted by Crippen LogP contribution is 2.25. The van der Waals surface area contributed by atoms with Crippen LogP contribution in [-0.4, -0.2) is 9.67 Å². The minimum Gasteiger partial charge on any atom is -0.392 e. The van der Waals surface area contributed by atoms with Crippen molar-refractivity contribution in [3.05, 3.63) is 24.0 Å². The predicted octanol–water partition coefficient (Wildman–Crippen LogP) is 2.56. The molecule has 1 heterocycles. The first kappa shape index (κ1) is 9.78. The Morgan fingerprint density at radius 3 is 2.71 bits per heavy atom. The van der Waals surface area contributed by atoms with Gasteiger partial charge in [0.25, 0.3) is 0 Å². The fraction of sp³-hybridized carbons (Fsp3) is 0.667. The van der Waals surface area contributed by atoms with Gasteiger partial charge in [-0.25, -0.2) is 0 Å². The van der Waals surface area contributed by atoms with Crippen LogP contribution < -0.4 is 0 Å². The summed E-state index contributed by atoms with van der Waals surface area (Å²) in [6.07, 6.45) is 11.1. The molecule has 0 aromatic carbocycles. The van der Waals surface area contributed by atoms with Crippen molar-refractivity contribution in [3.8, 4) is 0 Å². The highest BCUT2D eigenvalue weighted by molar-refractivity contribution is 5.08. The molecule has 1 aliphatic carbocycles. The number of aromatic nitrogens is 1. The normalized spacial score (nSPS) is 18.6. The van der Waals surface area contributed by atoms with Gasteiger partial charge in [-0.05, 0) is 30.4 Å². The van der Waals surface area contributed by atoms with Crippen LogP contribution in [0.1, 0.15) is 37.7 Å². The van der Waals surface area contributed by atoms with Crippen LogP contribution in [-0.2, 0) is 13.2 Å². The molecule has 2 rings (SSSR count). The molecule has 0 aliphatic heterocycles. The Labute approximate surface area is 85.6 Å². The number of hydrogen-bond donors (Lipinski definition) is 1. The van der Waals surface area contributed by atoms with E-state index in [2.05, 4.69) is 17.0 Å². The standard InChI is InChI=1S/C12H19NO/c14-10-12-6-7-13(9-12)8-11-4-2-1-3-5-11/h6-7,9,11,14H,1-5,8,10H2. The average Bonchev–Trinajstić information content (AvgIpc) is 2.67. The van der Waals surface area contributed by atoms with E-state index in [-0.39, 0.29) is 6.61 Å². The molecule has 1 aromatic rings. The van der Waals surface area contributed by atoms with Crippen LogP contribution in [0.5, 0.6) is 0 Å². The van der Waals surface area contributed by atoms with Crippen LogP contribution in [0.3, 0.4) is 0 Å². The Hall–Kier alpha value is -0.760. The molecule has 1 fully saturated rings. The Balaban J connectivity index is 1.89. The Morgan fingerprint density at radius 2 is 2.07 bits per heavy atom. The van der Waals surface area contributed by atoms with E-state index in [9.17, 15) is 0 Å². The van der Waals surface area contributed by atoms with Crippen LogP contribution in [0.15, 0.2) is 18.5 Å². The van der Waals surface area contributed by atoms with E-state index < -0.39 is 0 Å². The zero-order valence-electron chi connectivity index (χ0n) is 8.65. The summed E-state index contributed by atoms with van der Waals surface area (Å²) in [4.78, 5) is 0. The molecule has 0 unspecified atom stereocenters. The average molecular weight is 193 g/mol. The second-order valence-electron chi connectivity index (χ2n) is 4.38. The third kappa shape index (κ3) is 2.38. The van der Waals surface area contributed by atoms with Crippen molar-refractivity contribution in [1.29, 1.82) is 0 Å². The Kier molecular flexibility index (Phi) is 3.25. The maximum atomic E-state index is 8.94. The minimum absolute atomic E-state index is 0.164. The van der Waals surface area contributed by atoms with Crippen molar-refractivity contribution in [2.24, 2.45) is 5.92 Å². The summed E-state index contributed by atoms with van der Waals surface area (Å²) >= 11 is 0. The Morgan fingerprint density at radius 1 is 1.29 bits per heavy atom. The van der Waals surface area contributed by atoms with Crippen molar-refractivity contribution in [1.82, 2.24) is 4.57 Å². The molecule has 0 bridgehead atoms. The molecule has 2 heteroatoms. The third-order valence-electron chi connectivity index (χ3n) is 3.19. The van der Waals surface area contributed by atoms with Gasteiger partial charge in [0.05, 0.1) is 6.61 Å². The summed E-state index contributed by atoms with van der Waals surface area (Å²) in [5.74, 6) is 0.864. The second kappa shape index (κ2) is 4.65. The molecular formula is C12H19NO. The van der Waals surface area contributed by atoms with Crippen molar-refractivity contribution in [2.75, 3.05) is 0 Å². The van der Waals surface area contributed by atoms with Crippen LogP contribution >= 0.6 is 0 Å². The number of aliphatic hydroxyl groups excluding tert-OH is 1.